The summed E-state index contributed by atoms with van der Waals surface area (Å²) in [6.45, 7) is 5.50. The number of aliphatic hydroxyl groups is 1. The molecule has 2 heteroatoms. The molecule has 0 unspecified atom stereocenters. The average molecular weight is 255 g/mol. The molecule has 2 nitrogen and oxygen atoms in total. The zero-order chi connectivity index (χ0) is 13.1. The van der Waals surface area contributed by atoms with E-state index in [1.807, 2.05) is 0 Å². The second kappa shape index (κ2) is 10.8. The first-order chi connectivity index (χ1) is 8.83. The fraction of sp³-hybridized carbons (Fsp3) is 1.00. The van der Waals surface area contributed by atoms with Gasteiger partial charge < -0.3 is 10.0 Å². The molecule has 0 amide bonds. The molecule has 0 spiro atoms. The van der Waals surface area contributed by atoms with Crippen molar-refractivity contribution in [3.8, 4) is 0 Å². The van der Waals surface area contributed by atoms with E-state index in [1.165, 1.54) is 70.8 Å². The van der Waals surface area contributed by atoms with E-state index in [2.05, 4.69) is 11.8 Å². The van der Waals surface area contributed by atoms with E-state index in [1.54, 1.807) is 0 Å². The van der Waals surface area contributed by atoms with Crippen LogP contribution in [0.25, 0.3) is 0 Å². The van der Waals surface area contributed by atoms with Crippen LogP contribution < -0.4 is 0 Å². The Labute approximate surface area is 114 Å². The molecular weight excluding hydrogens is 222 g/mol. The van der Waals surface area contributed by atoms with Crippen LogP contribution in [0.2, 0.25) is 0 Å². The third-order valence-corrected chi connectivity index (χ3v) is 4.08. The molecule has 0 aliphatic carbocycles. The molecule has 108 valence electrons. The molecule has 1 aliphatic heterocycles. The lowest BCUT2D eigenvalue weighted by Crippen LogP contribution is -2.23. The summed E-state index contributed by atoms with van der Waals surface area (Å²) in [5, 5.41) is 9.42. The summed E-state index contributed by atoms with van der Waals surface area (Å²) in [6, 6.07) is 0. The number of aliphatic hydroxyl groups excluding tert-OH is 1. The maximum Gasteiger partial charge on any atom is 0.0679 e. The Balaban J connectivity index is 1.73. The van der Waals surface area contributed by atoms with E-state index in [-0.39, 0.29) is 6.10 Å². The Bertz CT molecular complexity index is 184. The first kappa shape index (κ1) is 16.0. The van der Waals surface area contributed by atoms with E-state index in [0.717, 1.165) is 19.5 Å². The van der Waals surface area contributed by atoms with Crippen LogP contribution in [0.5, 0.6) is 0 Å². The molecule has 1 heterocycles. The molecular formula is C16H33NO. The lowest BCUT2D eigenvalue weighted by molar-refractivity contribution is 0.175. The molecule has 18 heavy (non-hydrogen) atoms. The maximum absolute atomic E-state index is 9.42. The molecule has 1 fully saturated rings. The smallest absolute Gasteiger partial charge is 0.0679 e. The van der Waals surface area contributed by atoms with Gasteiger partial charge in [0, 0.05) is 13.1 Å². The molecule has 0 bridgehead atoms. The molecule has 1 aliphatic rings. The van der Waals surface area contributed by atoms with Gasteiger partial charge in [0.25, 0.3) is 0 Å². The highest BCUT2D eigenvalue weighted by Gasteiger charge is 2.18. The Kier molecular flexibility index (Phi) is 9.59. The summed E-state index contributed by atoms with van der Waals surface area (Å²) in [7, 11) is 0. The van der Waals surface area contributed by atoms with Crippen molar-refractivity contribution in [2.24, 2.45) is 0 Å². The summed E-state index contributed by atoms with van der Waals surface area (Å²) in [4.78, 5) is 2.41. The monoisotopic (exact) mass is 255 g/mol. The topological polar surface area (TPSA) is 23.5 Å². The zero-order valence-electron chi connectivity index (χ0n) is 12.4. The highest BCUT2D eigenvalue weighted by molar-refractivity contribution is 4.73. The predicted octanol–water partition coefficient (Wildman–Crippen LogP) is 3.97. The third kappa shape index (κ3) is 8.10. The minimum atomic E-state index is -0.0480. The van der Waals surface area contributed by atoms with Crippen molar-refractivity contribution in [1.29, 1.82) is 0 Å². The minimum absolute atomic E-state index is 0.0480. The number of β-amino-alcohol motifs (C(OH)–C–C–N with tert-alkyl or cyclic N) is 1. The van der Waals surface area contributed by atoms with Gasteiger partial charge in [0.2, 0.25) is 0 Å². The molecule has 0 radical (unpaired) electrons. The van der Waals surface area contributed by atoms with Crippen molar-refractivity contribution in [1.82, 2.24) is 4.90 Å². The summed E-state index contributed by atoms with van der Waals surface area (Å²) >= 11 is 0. The lowest BCUT2D eigenvalue weighted by atomic mass is 10.1. The van der Waals surface area contributed by atoms with Crippen LogP contribution in [0, 0.1) is 0 Å². The van der Waals surface area contributed by atoms with Gasteiger partial charge in [-0.1, -0.05) is 64.7 Å². The van der Waals surface area contributed by atoms with Crippen LogP contribution in [0.1, 0.15) is 77.6 Å². The number of likely N-dealkylation sites (tertiary alicyclic amines) is 1. The fourth-order valence-electron chi connectivity index (χ4n) is 2.84. The Morgan fingerprint density at radius 1 is 0.889 bits per heavy atom. The molecule has 0 aromatic carbocycles. The van der Waals surface area contributed by atoms with Gasteiger partial charge >= 0.3 is 0 Å². The normalized spacial score (nSPS) is 20.7. The van der Waals surface area contributed by atoms with Gasteiger partial charge in [-0.05, 0) is 19.4 Å². The largest absolute Gasteiger partial charge is 0.392 e. The van der Waals surface area contributed by atoms with Gasteiger partial charge in [-0.3, -0.25) is 0 Å². The van der Waals surface area contributed by atoms with Gasteiger partial charge in [0.1, 0.15) is 0 Å². The first-order valence-corrected chi connectivity index (χ1v) is 8.23. The SMILES string of the molecule is CCCCCCCCCCCCN1CC[C@H](O)C1. The Hall–Kier alpha value is -0.0800. The van der Waals surface area contributed by atoms with Gasteiger partial charge in [0.15, 0.2) is 0 Å². The molecule has 1 rings (SSSR count). The first-order valence-electron chi connectivity index (χ1n) is 8.23. The van der Waals surface area contributed by atoms with Crippen LogP contribution in [-0.2, 0) is 0 Å². The molecule has 1 atom stereocenters. The molecule has 0 aromatic rings. The Morgan fingerprint density at radius 2 is 1.44 bits per heavy atom. The van der Waals surface area contributed by atoms with Crippen LogP contribution in [0.15, 0.2) is 0 Å². The number of unbranched alkanes of at least 4 members (excludes halogenated alkanes) is 9. The number of hydrogen-bond acceptors (Lipinski definition) is 2. The minimum Gasteiger partial charge on any atom is -0.392 e. The van der Waals surface area contributed by atoms with Crippen LogP contribution in [0.3, 0.4) is 0 Å². The second-order valence-electron chi connectivity index (χ2n) is 5.93. The standard InChI is InChI=1S/C16H33NO/c1-2-3-4-5-6-7-8-9-10-11-13-17-14-12-16(18)15-17/h16,18H,2-15H2,1H3/t16-/m0/s1. The van der Waals surface area contributed by atoms with Crippen molar-refractivity contribution in [3.05, 3.63) is 0 Å². The third-order valence-electron chi connectivity index (χ3n) is 4.08. The quantitative estimate of drug-likeness (QED) is 0.565. The molecule has 0 aromatic heterocycles. The van der Waals surface area contributed by atoms with E-state index in [0.29, 0.717) is 0 Å². The zero-order valence-corrected chi connectivity index (χ0v) is 12.4. The average Bonchev–Trinajstić information content (AvgIpc) is 2.77. The fourth-order valence-corrected chi connectivity index (χ4v) is 2.84. The van der Waals surface area contributed by atoms with Gasteiger partial charge in [-0.15, -0.1) is 0 Å². The van der Waals surface area contributed by atoms with Gasteiger partial charge in [0.05, 0.1) is 6.10 Å². The summed E-state index contributed by atoms with van der Waals surface area (Å²) in [5.41, 5.74) is 0. The van der Waals surface area contributed by atoms with Crippen molar-refractivity contribution < 1.29 is 5.11 Å². The maximum atomic E-state index is 9.42. The van der Waals surface area contributed by atoms with Crippen molar-refractivity contribution >= 4 is 0 Å². The summed E-state index contributed by atoms with van der Waals surface area (Å²) in [6.07, 6.45) is 15.0. The van der Waals surface area contributed by atoms with Gasteiger partial charge in [-0.25, -0.2) is 0 Å². The van der Waals surface area contributed by atoms with Crippen molar-refractivity contribution in [3.63, 3.8) is 0 Å². The van der Waals surface area contributed by atoms with Crippen molar-refractivity contribution in [2.45, 2.75) is 83.7 Å². The van der Waals surface area contributed by atoms with Crippen LogP contribution in [-0.4, -0.2) is 35.7 Å². The lowest BCUT2D eigenvalue weighted by Gasteiger charge is -2.14. The van der Waals surface area contributed by atoms with E-state index < -0.39 is 0 Å². The summed E-state index contributed by atoms with van der Waals surface area (Å²) in [5.74, 6) is 0. The molecule has 0 saturated carbocycles. The number of hydrogen-bond donors (Lipinski definition) is 1. The molecule has 1 saturated heterocycles. The Morgan fingerprint density at radius 3 is 1.94 bits per heavy atom. The van der Waals surface area contributed by atoms with E-state index in [4.69, 9.17) is 0 Å². The number of rotatable bonds is 11. The van der Waals surface area contributed by atoms with Crippen molar-refractivity contribution in [2.75, 3.05) is 19.6 Å². The highest BCUT2D eigenvalue weighted by Crippen LogP contribution is 2.13. The second-order valence-corrected chi connectivity index (χ2v) is 5.93. The number of nitrogens with zero attached hydrogens (tertiary/aromatic N) is 1. The summed E-state index contributed by atoms with van der Waals surface area (Å²) < 4.78 is 0. The molecule has 1 N–H and O–H groups in total. The van der Waals surface area contributed by atoms with Gasteiger partial charge in [-0.2, -0.15) is 0 Å². The predicted molar refractivity (Wildman–Crippen MR) is 78.9 cm³/mol. The van der Waals surface area contributed by atoms with Crippen LogP contribution >= 0.6 is 0 Å². The van der Waals surface area contributed by atoms with E-state index >= 15 is 0 Å². The highest BCUT2D eigenvalue weighted by atomic mass is 16.3. The van der Waals surface area contributed by atoms with Crippen LogP contribution in [0.4, 0.5) is 0 Å². The van der Waals surface area contributed by atoms with E-state index in [9.17, 15) is 5.11 Å².